The van der Waals surface area contributed by atoms with E-state index in [4.69, 9.17) is 9.63 Å². The molecule has 2 heterocycles. The van der Waals surface area contributed by atoms with Crippen LogP contribution >= 0.6 is 27.7 Å². The van der Waals surface area contributed by atoms with Gasteiger partial charge in [0.2, 0.25) is 0 Å². The van der Waals surface area contributed by atoms with Crippen molar-refractivity contribution in [2.45, 2.75) is 18.8 Å². The highest BCUT2D eigenvalue weighted by Gasteiger charge is 2.28. The third-order valence-electron chi connectivity index (χ3n) is 2.48. The first-order valence-corrected chi connectivity index (χ1v) is 6.61. The zero-order valence-electron chi connectivity index (χ0n) is 7.90. The Hall–Kier alpha value is -0.490. The molecule has 1 aliphatic rings. The van der Waals surface area contributed by atoms with Crippen LogP contribution in [-0.4, -0.2) is 27.7 Å². The number of hydrogen-bond donors (Lipinski definition) is 1. The molecular formula is C9H10BrNO3S. The predicted octanol–water partition coefficient (Wildman–Crippen LogP) is 2.75. The minimum absolute atomic E-state index is 0.187. The average Bonchev–Trinajstić information content (AvgIpc) is 2.61. The van der Waals surface area contributed by atoms with Crippen LogP contribution in [0.5, 0.6) is 0 Å². The third kappa shape index (κ3) is 2.20. The van der Waals surface area contributed by atoms with E-state index in [0.717, 1.165) is 24.3 Å². The van der Waals surface area contributed by atoms with Crippen molar-refractivity contribution in [3.63, 3.8) is 0 Å². The molecule has 0 aromatic carbocycles. The second-order valence-corrected chi connectivity index (χ2v) is 5.38. The maximum Gasteiger partial charge on any atom is 0.342 e. The second kappa shape index (κ2) is 4.57. The zero-order chi connectivity index (χ0) is 10.8. The first kappa shape index (κ1) is 11.0. The number of thioether (sulfide) groups is 1. The van der Waals surface area contributed by atoms with Crippen LogP contribution in [0.4, 0.5) is 0 Å². The van der Waals surface area contributed by atoms with Crippen LogP contribution in [0, 0.1) is 0 Å². The molecule has 1 aromatic heterocycles. The monoisotopic (exact) mass is 291 g/mol. The van der Waals surface area contributed by atoms with Crippen LogP contribution in [0.2, 0.25) is 0 Å². The minimum atomic E-state index is -0.976. The largest absolute Gasteiger partial charge is 0.477 e. The number of carboxylic acid groups (broad SMARTS) is 1. The van der Waals surface area contributed by atoms with E-state index in [1.165, 1.54) is 0 Å². The number of carboxylic acids is 1. The summed E-state index contributed by atoms with van der Waals surface area (Å²) in [6, 6.07) is 0. The van der Waals surface area contributed by atoms with Gasteiger partial charge in [-0.25, -0.2) is 4.79 Å². The maximum atomic E-state index is 11.0. The average molecular weight is 292 g/mol. The van der Waals surface area contributed by atoms with Gasteiger partial charge in [-0.1, -0.05) is 5.16 Å². The van der Waals surface area contributed by atoms with E-state index < -0.39 is 5.97 Å². The Morgan fingerprint density at radius 3 is 2.80 bits per heavy atom. The summed E-state index contributed by atoms with van der Waals surface area (Å²) in [7, 11) is 0. The normalized spacial score (nSPS) is 17.9. The third-order valence-corrected chi connectivity index (χ3v) is 4.07. The predicted molar refractivity (Wildman–Crippen MR) is 60.5 cm³/mol. The molecule has 4 nitrogen and oxygen atoms in total. The summed E-state index contributed by atoms with van der Waals surface area (Å²) in [6.45, 7) is 0. The topological polar surface area (TPSA) is 63.3 Å². The Morgan fingerprint density at radius 1 is 1.53 bits per heavy atom. The fraction of sp³-hybridized carbons (Fsp3) is 0.556. The number of nitrogens with zero attached hydrogens (tertiary/aromatic N) is 1. The lowest BCUT2D eigenvalue weighted by Gasteiger charge is -2.18. The maximum absolute atomic E-state index is 11.0. The number of halogens is 1. The number of rotatable bonds is 2. The Balaban J connectivity index is 2.30. The first-order valence-electron chi connectivity index (χ1n) is 4.66. The fourth-order valence-corrected chi connectivity index (χ4v) is 3.26. The van der Waals surface area contributed by atoms with Crippen molar-refractivity contribution in [3.05, 3.63) is 15.9 Å². The zero-order valence-corrected chi connectivity index (χ0v) is 10.3. The molecule has 0 aliphatic carbocycles. The molecule has 1 fully saturated rings. The summed E-state index contributed by atoms with van der Waals surface area (Å²) in [5, 5.41) is 12.7. The van der Waals surface area contributed by atoms with E-state index in [-0.39, 0.29) is 11.5 Å². The number of hydrogen-bond acceptors (Lipinski definition) is 4. The summed E-state index contributed by atoms with van der Waals surface area (Å²) in [5.41, 5.74) is 0.187. The smallest absolute Gasteiger partial charge is 0.342 e. The molecule has 6 heteroatoms. The molecule has 1 N–H and O–H groups in total. The highest BCUT2D eigenvalue weighted by Crippen LogP contribution is 2.35. The van der Waals surface area contributed by atoms with E-state index in [9.17, 15) is 4.79 Å². The fourth-order valence-electron chi connectivity index (χ4n) is 1.71. The quantitative estimate of drug-likeness (QED) is 0.908. The highest BCUT2D eigenvalue weighted by atomic mass is 79.9. The highest BCUT2D eigenvalue weighted by molar-refractivity contribution is 9.10. The molecule has 1 aliphatic heterocycles. The number of aromatic nitrogens is 1. The lowest BCUT2D eigenvalue weighted by atomic mass is 9.97. The van der Waals surface area contributed by atoms with Crippen molar-refractivity contribution in [1.29, 1.82) is 0 Å². The number of aromatic carboxylic acids is 1. The summed E-state index contributed by atoms with van der Waals surface area (Å²) in [6.07, 6.45) is 1.93. The van der Waals surface area contributed by atoms with Gasteiger partial charge in [-0.3, -0.25) is 0 Å². The standard InChI is InChI=1S/C9H10BrNO3S/c10-8-6(9(12)13)7(14-11-8)5-1-3-15-4-2-5/h5H,1-4H2,(H,12,13). The molecule has 0 atom stereocenters. The molecular weight excluding hydrogens is 282 g/mol. The Morgan fingerprint density at radius 2 is 2.20 bits per heavy atom. The van der Waals surface area contributed by atoms with Crippen molar-refractivity contribution < 1.29 is 14.4 Å². The van der Waals surface area contributed by atoms with E-state index >= 15 is 0 Å². The molecule has 0 unspecified atom stereocenters. The van der Waals surface area contributed by atoms with Crippen LogP contribution in [0.15, 0.2) is 9.13 Å². The first-order chi connectivity index (χ1) is 7.20. The van der Waals surface area contributed by atoms with Crippen molar-refractivity contribution in [2.75, 3.05) is 11.5 Å². The summed E-state index contributed by atoms with van der Waals surface area (Å²) >= 11 is 4.99. The van der Waals surface area contributed by atoms with Crippen molar-refractivity contribution in [3.8, 4) is 0 Å². The lowest BCUT2D eigenvalue weighted by Crippen LogP contribution is -2.11. The molecule has 2 rings (SSSR count). The van der Waals surface area contributed by atoms with Gasteiger partial charge in [-0.05, 0) is 40.3 Å². The number of carbonyl (C=O) groups is 1. The molecule has 0 bridgehead atoms. The summed E-state index contributed by atoms with van der Waals surface area (Å²) in [4.78, 5) is 11.0. The minimum Gasteiger partial charge on any atom is -0.477 e. The molecule has 15 heavy (non-hydrogen) atoms. The van der Waals surface area contributed by atoms with Gasteiger partial charge < -0.3 is 9.63 Å². The van der Waals surface area contributed by atoms with Gasteiger partial charge >= 0.3 is 5.97 Å². The summed E-state index contributed by atoms with van der Waals surface area (Å²) < 4.78 is 5.40. The van der Waals surface area contributed by atoms with Crippen molar-refractivity contribution in [1.82, 2.24) is 5.16 Å². The van der Waals surface area contributed by atoms with E-state index in [0.29, 0.717) is 10.4 Å². The lowest BCUT2D eigenvalue weighted by molar-refractivity contribution is 0.0692. The molecule has 82 valence electrons. The molecule has 0 saturated carbocycles. The van der Waals surface area contributed by atoms with Crippen LogP contribution in [0.25, 0.3) is 0 Å². The van der Waals surface area contributed by atoms with Crippen LogP contribution in [0.1, 0.15) is 34.9 Å². The van der Waals surface area contributed by atoms with Crippen LogP contribution < -0.4 is 0 Å². The van der Waals surface area contributed by atoms with Gasteiger partial charge in [-0.15, -0.1) is 0 Å². The molecule has 0 spiro atoms. The van der Waals surface area contributed by atoms with Gasteiger partial charge in [0.15, 0.2) is 10.4 Å². The van der Waals surface area contributed by atoms with Gasteiger partial charge in [-0.2, -0.15) is 11.8 Å². The van der Waals surface area contributed by atoms with Gasteiger partial charge in [0.05, 0.1) is 0 Å². The molecule has 0 radical (unpaired) electrons. The van der Waals surface area contributed by atoms with Gasteiger partial charge in [0.25, 0.3) is 0 Å². The van der Waals surface area contributed by atoms with Crippen LogP contribution in [0.3, 0.4) is 0 Å². The van der Waals surface area contributed by atoms with Crippen LogP contribution in [-0.2, 0) is 0 Å². The molecule has 0 amide bonds. The summed E-state index contributed by atoms with van der Waals surface area (Å²) in [5.74, 6) is 1.87. The SMILES string of the molecule is O=C(O)c1c(Br)noc1C1CCSCC1. The Labute approximate surface area is 99.5 Å². The molecule has 1 aromatic rings. The van der Waals surface area contributed by atoms with Gasteiger partial charge in [0, 0.05) is 5.92 Å². The second-order valence-electron chi connectivity index (χ2n) is 3.40. The van der Waals surface area contributed by atoms with E-state index in [2.05, 4.69) is 21.1 Å². The van der Waals surface area contributed by atoms with Gasteiger partial charge in [0.1, 0.15) is 5.56 Å². The van der Waals surface area contributed by atoms with Crippen molar-refractivity contribution in [2.24, 2.45) is 0 Å². The Kier molecular flexibility index (Phi) is 3.35. The van der Waals surface area contributed by atoms with E-state index in [1.807, 2.05) is 11.8 Å². The van der Waals surface area contributed by atoms with Crippen molar-refractivity contribution >= 4 is 33.7 Å². The Bertz CT molecular complexity index is 373. The van der Waals surface area contributed by atoms with E-state index in [1.54, 1.807) is 0 Å². The molecule has 1 saturated heterocycles.